The molecule has 0 saturated carbocycles. The Morgan fingerprint density at radius 1 is 1.50 bits per heavy atom. The van der Waals surface area contributed by atoms with Crippen molar-refractivity contribution in [1.82, 2.24) is 4.90 Å². The van der Waals surface area contributed by atoms with E-state index in [1.165, 1.54) is 0 Å². The van der Waals surface area contributed by atoms with Gasteiger partial charge in [0.05, 0.1) is 6.42 Å². The van der Waals surface area contributed by atoms with E-state index < -0.39 is 0 Å². The minimum atomic E-state index is -0.0113. The van der Waals surface area contributed by atoms with Crippen LogP contribution in [0.15, 0.2) is 18.2 Å². The smallest absolute Gasteiger partial charge is 0.253 e. The Morgan fingerprint density at radius 2 is 2.30 bits per heavy atom. The number of likely N-dealkylation sites (tertiary alicyclic amines) is 1. The number of carbonyl (C=O) groups is 2. The quantitative estimate of drug-likeness (QED) is 0.843. The summed E-state index contributed by atoms with van der Waals surface area (Å²) in [6, 6.07) is 5.54. The van der Waals surface area contributed by atoms with Crippen LogP contribution in [0.1, 0.15) is 29.3 Å². The van der Waals surface area contributed by atoms with Gasteiger partial charge in [0.2, 0.25) is 5.91 Å². The van der Waals surface area contributed by atoms with Gasteiger partial charge in [0.25, 0.3) is 5.91 Å². The van der Waals surface area contributed by atoms with E-state index in [4.69, 9.17) is 5.73 Å². The Balaban J connectivity index is 1.76. The monoisotopic (exact) mass is 273 g/mol. The van der Waals surface area contributed by atoms with Crippen LogP contribution in [-0.2, 0) is 11.2 Å². The Labute approximate surface area is 118 Å². The predicted molar refractivity (Wildman–Crippen MR) is 76.4 cm³/mol. The fourth-order valence-electron chi connectivity index (χ4n) is 2.95. The number of nitrogens with one attached hydrogen (secondary N) is 1. The van der Waals surface area contributed by atoms with Gasteiger partial charge in [-0.05, 0) is 43.0 Å². The van der Waals surface area contributed by atoms with Crippen LogP contribution in [0.5, 0.6) is 0 Å². The number of anilines is 1. The molecule has 0 aliphatic carbocycles. The fraction of sp³-hybridized carbons (Fsp3) is 0.467. The van der Waals surface area contributed by atoms with Crippen LogP contribution in [0.2, 0.25) is 0 Å². The molecule has 0 radical (unpaired) electrons. The van der Waals surface area contributed by atoms with E-state index >= 15 is 0 Å². The second kappa shape index (κ2) is 4.90. The molecular formula is C15H19N3O2. The van der Waals surface area contributed by atoms with Gasteiger partial charge in [-0.3, -0.25) is 9.59 Å². The van der Waals surface area contributed by atoms with E-state index in [0.29, 0.717) is 17.9 Å². The number of amides is 2. The molecule has 5 nitrogen and oxygen atoms in total. The Bertz CT molecular complexity index is 568. The highest BCUT2D eigenvalue weighted by atomic mass is 16.2. The molecule has 3 N–H and O–H groups in total. The van der Waals surface area contributed by atoms with Gasteiger partial charge in [0.15, 0.2) is 0 Å². The Kier molecular flexibility index (Phi) is 3.22. The van der Waals surface area contributed by atoms with E-state index in [0.717, 1.165) is 30.8 Å². The molecule has 2 atom stereocenters. The third-order valence-electron chi connectivity index (χ3n) is 4.23. The molecule has 1 fully saturated rings. The topological polar surface area (TPSA) is 75.4 Å². The molecule has 0 aromatic heterocycles. The van der Waals surface area contributed by atoms with Crippen molar-refractivity contribution >= 4 is 17.5 Å². The van der Waals surface area contributed by atoms with Crippen molar-refractivity contribution in [3.63, 3.8) is 0 Å². The van der Waals surface area contributed by atoms with Gasteiger partial charge in [-0.1, -0.05) is 0 Å². The average molecular weight is 273 g/mol. The van der Waals surface area contributed by atoms with Crippen LogP contribution in [0.3, 0.4) is 0 Å². The Morgan fingerprint density at radius 3 is 3.00 bits per heavy atom. The van der Waals surface area contributed by atoms with Crippen LogP contribution in [0, 0.1) is 5.92 Å². The summed E-state index contributed by atoms with van der Waals surface area (Å²) in [5, 5.41) is 2.77. The molecule has 1 aromatic carbocycles. The zero-order valence-corrected chi connectivity index (χ0v) is 11.6. The minimum Gasteiger partial charge on any atom is -0.338 e. The number of nitrogens with two attached hydrogens (primary N) is 1. The lowest BCUT2D eigenvalue weighted by atomic mass is 10.0. The third kappa shape index (κ3) is 2.29. The normalized spacial score (nSPS) is 22.6. The number of hydrogen-bond donors (Lipinski definition) is 2. The van der Waals surface area contributed by atoms with E-state index in [1.54, 1.807) is 6.07 Å². The SMILES string of the molecule is CC(N)C1CCN(C(=O)c2ccc3c(c2)CC(=O)N3)C1. The van der Waals surface area contributed by atoms with E-state index in [9.17, 15) is 9.59 Å². The minimum absolute atomic E-state index is 0.0113. The van der Waals surface area contributed by atoms with Crippen LogP contribution < -0.4 is 11.1 Å². The molecule has 2 unspecified atom stereocenters. The summed E-state index contributed by atoms with van der Waals surface area (Å²) in [5.41, 5.74) is 8.29. The van der Waals surface area contributed by atoms with Crippen molar-refractivity contribution in [2.45, 2.75) is 25.8 Å². The summed E-state index contributed by atoms with van der Waals surface area (Å²) in [5.74, 6) is 0.412. The molecule has 5 heteroatoms. The lowest BCUT2D eigenvalue weighted by molar-refractivity contribution is -0.115. The molecule has 106 valence electrons. The van der Waals surface area contributed by atoms with E-state index in [-0.39, 0.29) is 17.9 Å². The third-order valence-corrected chi connectivity index (χ3v) is 4.23. The van der Waals surface area contributed by atoms with Gasteiger partial charge in [-0.2, -0.15) is 0 Å². The number of fused-ring (bicyclic) bond motifs is 1. The molecule has 2 aliphatic rings. The molecule has 3 rings (SSSR count). The number of hydrogen-bond acceptors (Lipinski definition) is 3. The molecule has 1 saturated heterocycles. The largest absolute Gasteiger partial charge is 0.338 e. The lowest BCUT2D eigenvalue weighted by Gasteiger charge is -2.18. The van der Waals surface area contributed by atoms with Gasteiger partial charge < -0.3 is 16.0 Å². The van der Waals surface area contributed by atoms with Crippen LogP contribution in [-0.4, -0.2) is 35.8 Å². The van der Waals surface area contributed by atoms with Gasteiger partial charge in [0, 0.05) is 30.4 Å². The first kappa shape index (κ1) is 13.1. The van der Waals surface area contributed by atoms with Gasteiger partial charge in [-0.25, -0.2) is 0 Å². The van der Waals surface area contributed by atoms with Crippen molar-refractivity contribution in [3.05, 3.63) is 29.3 Å². The van der Waals surface area contributed by atoms with E-state index in [1.807, 2.05) is 24.0 Å². The molecule has 1 aromatic rings. The van der Waals surface area contributed by atoms with Gasteiger partial charge in [0.1, 0.15) is 0 Å². The number of nitrogens with zero attached hydrogens (tertiary/aromatic N) is 1. The zero-order valence-electron chi connectivity index (χ0n) is 11.6. The second-order valence-electron chi connectivity index (χ2n) is 5.76. The van der Waals surface area contributed by atoms with Crippen molar-refractivity contribution in [3.8, 4) is 0 Å². The highest BCUT2D eigenvalue weighted by molar-refractivity contribution is 6.01. The number of carbonyl (C=O) groups excluding carboxylic acids is 2. The predicted octanol–water partition coefficient (Wildman–Crippen LogP) is 0.990. The highest BCUT2D eigenvalue weighted by Gasteiger charge is 2.29. The van der Waals surface area contributed by atoms with Gasteiger partial charge >= 0.3 is 0 Å². The summed E-state index contributed by atoms with van der Waals surface area (Å²) < 4.78 is 0. The standard InChI is InChI=1S/C15H19N3O2/c1-9(16)11-4-5-18(8-11)15(20)10-2-3-13-12(6-10)7-14(19)17-13/h2-3,6,9,11H,4-5,7-8,16H2,1H3,(H,17,19). The summed E-state index contributed by atoms with van der Waals surface area (Å²) in [6.45, 7) is 3.48. The van der Waals surface area contributed by atoms with Crippen LogP contribution >= 0.6 is 0 Å². The fourth-order valence-corrected chi connectivity index (χ4v) is 2.95. The molecule has 0 spiro atoms. The van der Waals surface area contributed by atoms with Crippen molar-refractivity contribution in [2.75, 3.05) is 18.4 Å². The second-order valence-corrected chi connectivity index (χ2v) is 5.76. The molecule has 20 heavy (non-hydrogen) atoms. The van der Waals surface area contributed by atoms with Crippen molar-refractivity contribution in [2.24, 2.45) is 11.7 Å². The highest BCUT2D eigenvalue weighted by Crippen LogP contribution is 2.26. The van der Waals surface area contributed by atoms with E-state index in [2.05, 4.69) is 5.32 Å². The zero-order chi connectivity index (χ0) is 14.3. The number of rotatable bonds is 2. The Hall–Kier alpha value is -1.88. The molecular weight excluding hydrogens is 254 g/mol. The summed E-state index contributed by atoms with van der Waals surface area (Å²) in [4.78, 5) is 25.7. The van der Waals surface area contributed by atoms with Crippen molar-refractivity contribution in [1.29, 1.82) is 0 Å². The maximum absolute atomic E-state index is 12.5. The van der Waals surface area contributed by atoms with Crippen LogP contribution in [0.25, 0.3) is 0 Å². The maximum Gasteiger partial charge on any atom is 0.253 e. The summed E-state index contributed by atoms with van der Waals surface area (Å²) in [6.07, 6.45) is 1.33. The molecule has 2 amide bonds. The number of benzene rings is 1. The average Bonchev–Trinajstić information content (AvgIpc) is 3.02. The molecule has 2 heterocycles. The molecule has 2 aliphatic heterocycles. The maximum atomic E-state index is 12.5. The summed E-state index contributed by atoms with van der Waals surface area (Å²) in [7, 11) is 0. The lowest BCUT2D eigenvalue weighted by Crippen LogP contribution is -2.33. The first-order valence-corrected chi connectivity index (χ1v) is 7.02. The van der Waals surface area contributed by atoms with Gasteiger partial charge in [-0.15, -0.1) is 0 Å². The first-order valence-electron chi connectivity index (χ1n) is 7.02. The van der Waals surface area contributed by atoms with Crippen molar-refractivity contribution < 1.29 is 9.59 Å². The summed E-state index contributed by atoms with van der Waals surface area (Å²) >= 11 is 0. The van der Waals surface area contributed by atoms with Crippen LogP contribution in [0.4, 0.5) is 5.69 Å². The molecule has 0 bridgehead atoms. The first-order chi connectivity index (χ1) is 9.54.